The maximum absolute atomic E-state index is 13.3. The number of hydrogen-bond donors (Lipinski definition) is 0. The second-order valence-electron chi connectivity index (χ2n) is 4.96. The normalized spacial score (nSPS) is 19.5. The molecule has 19 heavy (non-hydrogen) atoms. The van der Waals surface area contributed by atoms with Gasteiger partial charge in [-0.15, -0.1) is 11.8 Å². The topological polar surface area (TPSA) is 23.6 Å². The van der Waals surface area contributed by atoms with Crippen molar-refractivity contribution >= 4 is 17.7 Å². The number of benzene rings is 1. The van der Waals surface area contributed by atoms with Crippen LogP contribution in [0.1, 0.15) is 17.4 Å². The van der Waals surface area contributed by atoms with Crippen LogP contribution in [0.5, 0.6) is 0 Å². The van der Waals surface area contributed by atoms with E-state index in [0.717, 1.165) is 25.1 Å². The highest BCUT2D eigenvalue weighted by Gasteiger charge is 2.32. The van der Waals surface area contributed by atoms with Gasteiger partial charge in [0.15, 0.2) is 0 Å². The van der Waals surface area contributed by atoms with Crippen molar-refractivity contribution in [3.05, 3.63) is 35.6 Å². The predicted molar refractivity (Wildman–Crippen MR) is 76.5 cm³/mol. The van der Waals surface area contributed by atoms with E-state index in [1.807, 2.05) is 25.1 Å². The summed E-state index contributed by atoms with van der Waals surface area (Å²) in [5, 5.41) is -0.0367. The molecule has 1 heterocycles. The molecule has 2 rings (SSSR count). The molecule has 1 aliphatic heterocycles. The largest absolute Gasteiger partial charge is 0.326 e. The van der Waals surface area contributed by atoms with Gasteiger partial charge in [0, 0.05) is 6.54 Å². The third kappa shape index (κ3) is 3.70. The van der Waals surface area contributed by atoms with Gasteiger partial charge < -0.3 is 9.80 Å². The zero-order valence-electron chi connectivity index (χ0n) is 11.3. The Kier molecular flexibility index (Phi) is 4.82. The summed E-state index contributed by atoms with van der Waals surface area (Å²) in [5.41, 5.74) is 0.876. The van der Waals surface area contributed by atoms with E-state index < -0.39 is 0 Å². The van der Waals surface area contributed by atoms with Gasteiger partial charge >= 0.3 is 0 Å². The summed E-state index contributed by atoms with van der Waals surface area (Å²) in [6, 6.07) is 6.54. The highest BCUT2D eigenvalue weighted by Crippen LogP contribution is 2.38. The summed E-state index contributed by atoms with van der Waals surface area (Å²) in [7, 11) is 4.04. The quantitative estimate of drug-likeness (QED) is 0.828. The molecule has 5 heteroatoms. The van der Waals surface area contributed by atoms with E-state index in [0.29, 0.717) is 5.75 Å². The number of amides is 1. The molecule has 0 radical (unpaired) electrons. The molecule has 104 valence electrons. The Balaban J connectivity index is 2.04. The van der Waals surface area contributed by atoms with Crippen LogP contribution in [0.4, 0.5) is 4.39 Å². The van der Waals surface area contributed by atoms with Crippen molar-refractivity contribution in [1.82, 2.24) is 9.80 Å². The van der Waals surface area contributed by atoms with E-state index in [4.69, 9.17) is 0 Å². The van der Waals surface area contributed by atoms with Crippen LogP contribution in [0.2, 0.25) is 0 Å². The Labute approximate surface area is 117 Å². The average molecular weight is 282 g/mol. The molecule has 0 saturated carbocycles. The van der Waals surface area contributed by atoms with Crippen LogP contribution in [0.3, 0.4) is 0 Å². The zero-order chi connectivity index (χ0) is 13.8. The number of nitrogens with zero attached hydrogens (tertiary/aromatic N) is 2. The minimum Gasteiger partial charge on any atom is -0.326 e. The van der Waals surface area contributed by atoms with Crippen molar-refractivity contribution in [3.8, 4) is 0 Å². The van der Waals surface area contributed by atoms with Crippen molar-refractivity contribution in [2.24, 2.45) is 0 Å². The highest BCUT2D eigenvalue weighted by atomic mass is 32.2. The molecule has 1 saturated heterocycles. The lowest BCUT2D eigenvalue weighted by Crippen LogP contribution is -2.31. The van der Waals surface area contributed by atoms with Crippen LogP contribution in [0, 0.1) is 5.82 Å². The summed E-state index contributed by atoms with van der Waals surface area (Å²) >= 11 is 1.58. The van der Waals surface area contributed by atoms with Gasteiger partial charge in [0.2, 0.25) is 5.91 Å². The first-order valence-electron chi connectivity index (χ1n) is 6.39. The first kappa shape index (κ1) is 14.3. The molecule has 0 aliphatic carbocycles. The van der Waals surface area contributed by atoms with Gasteiger partial charge in [0.1, 0.15) is 11.2 Å². The molecular formula is C14H19FN2OS. The second kappa shape index (κ2) is 6.39. The summed E-state index contributed by atoms with van der Waals surface area (Å²) < 4.78 is 13.3. The van der Waals surface area contributed by atoms with E-state index in [2.05, 4.69) is 4.90 Å². The fourth-order valence-corrected chi connectivity index (χ4v) is 3.40. The van der Waals surface area contributed by atoms with E-state index in [1.54, 1.807) is 17.8 Å². The zero-order valence-corrected chi connectivity index (χ0v) is 12.1. The van der Waals surface area contributed by atoms with E-state index in [1.165, 1.54) is 12.1 Å². The molecule has 1 aromatic carbocycles. The minimum absolute atomic E-state index is 0.0367. The van der Waals surface area contributed by atoms with Crippen LogP contribution in [0.25, 0.3) is 0 Å². The van der Waals surface area contributed by atoms with Crippen molar-refractivity contribution in [2.45, 2.75) is 11.8 Å². The SMILES string of the molecule is CN(C)CCCN1C(=O)CSC1c1cccc(F)c1. The first-order chi connectivity index (χ1) is 9.08. The molecule has 0 aromatic heterocycles. The lowest BCUT2D eigenvalue weighted by molar-refractivity contribution is -0.128. The number of carbonyl (C=O) groups excluding carboxylic acids is 1. The number of thioether (sulfide) groups is 1. The van der Waals surface area contributed by atoms with Crippen molar-refractivity contribution in [2.75, 3.05) is 32.9 Å². The monoisotopic (exact) mass is 282 g/mol. The second-order valence-corrected chi connectivity index (χ2v) is 6.03. The molecule has 0 N–H and O–H groups in total. The van der Waals surface area contributed by atoms with E-state index >= 15 is 0 Å². The standard InChI is InChI=1S/C14H19FN2OS/c1-16(2)7-4-8-17-13(18)10-19-14(17)11-5-3-6-12(15)9-11/h3,5-6,9,14H,4,7-8,10H2,1-2H3. The lowest BCUT2D eigenvalue weighted by Gasteiger charge is -2.25. The summed E-state index contributed by atoms with van der Waals surface area (Å²) in [5.74, 6) is 0.395. The smallest absolute Gasteiger partial charge is 0.233 e. The molecule has 1 unspecified atom stereocenters. The van der Waals surface area contributed by atoms with Crippen LogP contribution >= 0.6 is 11.8 Å². The summed E-state index contributed by atoms with van der Waals surface area (Å²) in [6.45, 7) is 1.68. The molecule has 1 fully saturated rings. The number of hydrogen-bond acceptors (Lipinski definition) is 3. The molecular weight excluding hydrogens is 263 g/mol. The Morgan fingerprint density at radius 1 is 1.47 bits per heavy atom. The minimum atomic E-state index is -0.245. The fourth-order valence-electron chi connectivity index (χ4n) is 2.19. The Morgan fingerprint density at radius 2 is 2.26 bits per heavy atom. The molecule has 0 bridgehead atoms. The molecule has 3 nitrogen and oxygen atoms in total. The number of rotatable bonds is 5. The highest BCUT2D eigenvalue weighted by molar-refractivity contribution is 8.00. The third-order valence-electron chi connectivity index (χ3n) is 3.11. The van der Waals surface area contributed by atoms with Gasteiger partial charge in [0.25, 0.3) is 0 Å². The molecule has 1 aromatic rings. The Hall–Kier alpha value is -1.07. The maximum Gasteiger partial charge on any atom is 0.233 e. The average Bonchev–Trinajstić information content (AvgIpc) is 2.71. The Bertz CT molecular complexity index is 453. The van der Waals surface area contributed by atoms with Crippen LogP contribution in [-0.2, 0) is 4.79 Å². The van der Waals surface area contributed by atoms with Gasteiger partial charge in [-0.3, -0.25) is 4.79 Å². The van der Waals surface area contributed by atoms with Crippen molar-refractivity contribution < 1.29 is 9.18 Å². The van der Waals surface area contributed by atoms with Gasteiger partial charge in [-0.2, -0.15) is 0 Å². The first-order valence-corrected chi connectivity index (χ1v) is 7.44. The molecule has 1 amide bonds. The van der Waals surface area contributed by atoms with Crippen LogP contribution < -0.4 is 0 Å². The predicted octanol–water partition coefficient (Wildman–Crippen LogP) is 2.35. The van der Waals surface area contributed by atoms with Crippen LogP contribution in [-0.4, -0.2) is 48.6 Å². The van der Waals surface area contributed by atoms with E-state index in [-0.39, 0.29) is 17.1 Å². The number of halogens is 1. The van der Waals surface area contributed by atoms with Gasteiger partial charge in [-0.05, 0) is 44.8 Å². The Morgan fingerprint density at radius 3 is 2.95 bits per heavy atom. The fraction of sp³-hybridized carbons (Fsp3) is 0.500. The number of carbonyl (C=O) groups is 1. The summed E-state index contributed by atoms with van der Waals surface area (Å²) in [6.07, 6.45) is 0.936. The lowest BCUT2D eigenvalue weighted by atomic mass is 10.2. The summed E-state index contributed by atoms with van der Waals surface area (Å²) in [4.78, 5) is 15.9. The maximum atomic E-state index is 13.3. The molecule has 1 aliphatic rings. The van der Waals surface area contributed by atoms with E-state index in [9.17, 15) is 9.18 Å². The third-order valence-corrected chi connectivity index (χ3v) is 4.36. The molecule has 0 spiro atoms. The van der Waals surface area contributed by atoms with Crippen molar-refractivity contribution in [3.63, 3.8) is 0 Å². The molecule has 1 atom stereocenters. The van der Waals surface area contributed by atoms with Gasteiger partial charge in [-0.25, -0.2) is 4.39 Å². The van der Waals surface area contributed by atoms with Gasteiger partial charge in [0.05, 0.1) is 5.75 Å². The van der Waals surface area contributed by atoms with Gasteiger partial charge in [-0.1, -0.05) is 12.1 Å². The van der Waals surface area contributed by atoms with Crippen molar-refractivity contribution in [1.29, 1.82) is 0 Å². The van der Waals surface area contributed by atoms with Crippen LogP contribution in [0.15, 0.2) is 24.3 Å².